The fourth-order valence-electron chi connectivity index (χ4n) is 10.6. The minimum Gasteiger partial charge on any atom is -0.410 e. The van der Waals surface area contributed by atoms with E-state index < -0.39 is 6.09 Å². The van der Waals surface area contributed by atoms with Crippen LogP contribution in [0.25, 0.3) is 0 Å². The van der Waals surface area contributed by atoms with Gasteiger partial charge in [-0.15, -0.1) is 0 Å². The van der Waals surface area contributed by atoms with Crippen molar-refractivity contribution in [3.63, 3.8) is 0 Å². The van der Waals surface area contributed by atoms with Crippen molar-refractivity contribution in [1.29, 1.82) is 0 Å². The molecule has 5 aromatic rings. The van der Waals surface area contributed by atoms with E-state index in [1.54, 1.807) is 73.1 Å². The average molecular weight is 1050 g/mol. The van der Waals surface area contributed by atoms with Gasteiger partial charge < -0.3 is 20.3 Å². The first kappa shape index (κ1) is 52.8. The van der Waals surface area contributed by atoms with Crippen molar-refractivity contribution < 1.29 is 18.3 Å². The van der Waals surface area contributed by atoms with Gasteiger partial charge in [0.25, 0.3) is 0 Å². The number of hydrogen-bond donors (Lipinski definition) is 2. The Morgan fingerprint density at radius 1 is 0.648 bits per heavy atom. The van der Waals surface area contributed by atoms with Gasteiger partial charge in [-0.25, -0.2) is 23.5 Å². The number of carbonyl (C=O) groups excluding carboxylic acids is 1. The van der Waals surface area contributed by atoms with Crippen molar-refractivity contribution in [3.8, 4) is 5.75 Å². The van der Waals surface area contributed by atoms with E-state index in [4.69, 9.17) is 56.9 Å². The number of likely N-dealkylation sites (tertiary alicyclic amines) is 2. The zero-order valence-corrected chi connectivity index (χ0v) is 43.5. The second kappa shape index (κ2) is 24.9. The van der Waals surface area contributed by atoms with E-state index in [-0.39, 0.29) is 11.6 Å². The summed E-state index contributed by atoms with van der Waals surface area (Å²) < 4.78 is 33.7. The second-order valence-electron chi connectivity index (χ2n) is 18.9. The molecule has 2 aromatic heterocycles. The number of aromatic nitrogens is 2. The number of anilines is 4. The van der Waals surface area contributed by atoms with Crippen molar-refractivity contribution in [2.45, 2.75) is 89.6 Å². The molecule has 0 saturated carbocycles. The zero-order valence-electron chi connectivity index (χ0n) is 40.4. The van der Waals surface area contributed by atoms with Crippen LogP contribution < -0.4 is 25.6 Å². The number of piperazine rings is 2. The lowest BCUT2D eigenvalue weighted by Gasteiger charge is -2.47. The summed E-state index contributed by atoms with van der Waals surface area (Å²) in [5.41, 5.74) is 8.28. The summed E-state index contributed by atoms with van der Waals surface area (Å²) in [6.45, 7) is 15.0. The molecule has 3 N–H and O–H groups in total. The number of benzene rings is 3. The molecule has 12 nitrogen and oxygen atoms in total. The number of nitrogen functional groups attached to an aromatic ring is 1. The smallest absolute Gasteiger partial charge is 0.410 e. The first-order chi connectivity index (χ1) is 34.3. The fraction of sp³-hybridized carbons (Fsp3) is 0.453. The molecule has 18 heteroatoms. The van der Waals surface area contributed by atoms with E-state index in [1.165, 1.54) is 12.1 Å². The number of nitrogens with one attached hydrogen (secondary N) is 1. The van der Waals surface area contributed by atoms with E-state index in [1.807, 2.05) is 6.07 Å². The summed E-state index contributed by atoms with van der Waals surface area (Å²) in [5.74, 6) is 1.56. The van der Waals surface area contributed by atoms with E-state index >= 15 is 0 Å². The maximum absolute atomic E-state index is 14.3. The van der Waals surface area contributed by atoms with Crippen molar-refractivity contribution in [2.24, 2.45) is 0 Å². The number of rotatable bonds is 12. The Morgan fingerprint density at radius 2 is 1.13 bits per heavy atom. The Labute approximate surface area is 436 Å². The van der Waals surface area contributed by atoms with Gasteiger partial charge in [-0.1, -0.05) is 90.6 Å². The molecular weight excluding hydrogens is 988 g/mol. The van der Waals surface area contributed by atoms with Crippen molar-refractivity contribution in [3.05, 3.63) is 134 Å². The van der Waals surface area contributed by atoms with Gasteiger partial charge >= 0.3 is 6.09 Å². The number of hydrogen-bond acceptors (Lipinski definition) is 11. The van der Waals surface area contributed by atoms with E-state index in [0.717, 1.165) is 121 Å². The lowest BCUT2D eigenvalue weighted by Crippen LogP contribution is -2.58. The van der Waals surface area contributed by atoms with Gasteiger partial charge in [0.1, 0.15) is 29.0 Å². The van der Waals surface area contributed by atoms with Gasteiger partial charge in [0, 0.05) is 97.7 Å². The maximum atomic E-state index is 14.3. The van der Waals surface area contributed by atoms with Crippen LogP contribution >= 0.6 is 46.4 Å². The number of nitrogens with two attached hydrogens (primary N) is 1. The molecule has 1 amide bonds. The van der Waals surface area contributed by atoms with Gasteiger partial charge in [-0.3, -0.25) is 24.9 Å². The van der Waals surface area contributed by atoms with Crippen molar-refractivity contribution >= 4 is 75.5 Å². The number of para-hydroxylation sites is 1. The largest absolute Gasteiger partial charge is 0.417 e. The molecule has 4 fully saturated rings. The van der Waals surface area contributed by atoms with Gasteiger partial charge in [0.05, 0.1) is 33.8 Å². The Bertz CT molecular complexity index is 2550. The molecule has 2 atom stereocenters. The zero-order chi connectivity index (χ0) is 50.0. The molecular formula is C53H64Cl4F2N10O2. The average Bonchev–Trinajstić information content (AvgIpc) is 3.36. The van der Waals surface area contributed by atoms with Gasteiger partial charge in [0.2, 0.25) is 0 Å². The van der Waals surface area contributed by atoms with Gasteiger partial charge in [-0.05, 0) is 113 Å². The Balaban J connectivity index is 0.000000197. The molecule has 380 valence electrons. The molecule has 0 unspecified atom stereocenters. The van der Waals surface area contributed by atoms with Crippen molar-refractivity contribution in [2.75, 3.05) is 86.3 Å². The molecule has 0 aliphatic carbocycles. The minimum atomic E-state index is -0.596. The van der Waals surface area contributed by atoms with Crippen LogP contribution in [0.15, 0.2) is 91.3 Å². The maximum Gasteiger partial charge on any atom is 0.417 e. The summed E-state index contributed by atoms with van der Waals surface area (Å²) in [6, 6.07) is 24.2. The third kappa shape index (κ3) is 14.0. The third-order valence-corrected chi connectivity index (χ3v) is 15.4. The first-order valence-electron chi connectivity index (χ1n) is 24.8. The topological polar surface area (TPSA) is 110 Å². The monoisotopic (exact) mass is 1050 g/mol. The highest BCUT2D eigenvalue weighted by Crippen LogP contribution is 2.33. The van der Waals surface area contributed by atoms with E-state index in [2.05, 4.69) is 58.5 Å². The molecule has 0 spiro atoms. The van der Waals surface area contributed by atoms with Crippen LogP contribution in [0.3, 0.4) is 0 Å². The summed E-state index contributed by atoms with van der Waals surface area (Å²) >= 11 is 24.8. The number of pyridine rings is 2. The van der Waals surface area contributed by atoms with Crippen molar-refractivity contribution in [1.82, 2.24) is 29.6 Å². The van der Waals surface area contributed by atoms with Crippen LogP contribution in [0.2, 0.25) is 20.1 Å². The quantitative estimate of drug-likeness (QED) is 0.125. The van der Waals surface area contributed by atoms with E-state index in [9.17, 15) is 13.6 Å². The molecule has 9 rings (SSSR count). The Hall–Kier alpha value is -4.51. The summed E-state index contributed by atoms with van der Waals surface area (Å²) in [5, 5.41) is 4.67. The lowest BCUT2D eigenvalue weighted by molar-refractivity contribution is 0.0607. The van der Waals surface area contributed by atoms with Crippen LogP contribution in [-0.4, -0.2) is 125 Å². The summed E-state index contributed by atoms with van der Waals surface area (Å²) in [7, 11) is 0. The fourth-order valence-corrected chi connectivity index (χ4v) is 11.5. The summed E-state index contributed by atoms with van der Waals surface area (Å²) in [4.78, 5) is 35.8. The number of carbonyl (C=O) groups is 1. The third-order valence-electron chi connectivity index (χ3n) is 14.3. The van der Waals surface area contributed by atoms with Gasteiger partial charge in [-0.2, -0.15) is 0 Å². The molecule has 4 saturated heterocycles. The molecule has 3 aromatic carbocycles. The molecule has 0 bridgehead atoms. The van der Waals surface area contributed by atoms with Crippen LogP contribution in [-0.2, 0) is 13.1 Å². The highest BCUT2D eigenvalue weighted by Gasteiger charge is 2.36. The highest BCUT2D eigenvalue weighted by atomic mass is 35.5. The number of halogens is 6. The number of ether oxygens (including phenoxy) is 1. The highest BCUT2D eigenvalue weighted by molar-refractivity contribution is 6.33. The van der Waals surface area contributed by atoms with Crippen LogP contribution in [0.4, 0.5) is 36.6 Å². The standard InChI is InChI=1S/C30H34Cl2FN5O2.C23H30Cl2FN5/c1-2-24-20-37(29-27(32)17-23(18-34-29)35-30(39)40-26-6-4-3-5-7-26)14-15-38(24)25-10-12-36(13-11-25)19-21-8-9-22(31)16-28(21)33;1-2-19-15-30(23-21(25)12-18(27)13-28-23)9-10-31(19)20-5-7-29(8-6-20)14-16-3-4-17(24)11-22(16)26/h3-9,16-18,24-25H,2,10-15,19-20H2,1H3,(H,35,39);3-4,11-13,19-20H,2,5-10,14-15,27H2,1H3/t24-;19-/m00/s1. The van der Waals surface area contributed by atoms with Gasteiger partial charge in [0.15, 0.2) is 0 Å². The SMILES string of the molecule is CC[C@H]1CN(c2ncc(N)cc2Cl)CCN1C1CCN(Cc2ccc(Cl)cc2F)CC1.CC[C@H]1CN(c2ncc(NC(=O)Oc3ccccc3)cc2Cl)CCN1C1CCN(Cc2ccc(Cl)cc2F)CC1. The molecule has 6 heterocycles. The number of nitrogens with zero attached hydrogens (tertiary/aromatic N) is 8. The molecule has 0 radical (unpaired) electrons. The lowest BCUT2D eigenvalue weighted by atomic mass is 9.97. The van der Waals surface area contributed by atoms with Crippen LogP contribution in [0.5, 0.6) is 5.75 Å². The molecule has 4 aliphatic heterocycles. The predicted molar refractivity (Wildman–Crippen MR) is 284 cm³/mol. The normalized spacial score (nSPS) is 20.1. The minimum absolute atomic E-state index is 0.216. The van der Waals surface area contributed by atoms with Crippen LogP contribution in [0, 0.1) is 11.6 Å². The first-order valence-corrected chi connectivity index (χ1v) is 26.3. The Morgan fingerprint density at radius 3 is 1.58 bits per heavy atom. The predicted octanol–water partition coefficient (Wildman–Crippen LogP) is 11.4. The molecule has 4 aliphatic rings. The van der Waals surface area contributed by atoms with E-state index in [0.29, 0.717) is 80.0 Å². The number of piperidine rings is 2. The Kier molecular flexibility index (Phi) is 18.6. The second-order valence-corrected chi connectivity index (χ2v) is 20.6. The summed E-state index contributed by atoms with van der Waals surface area (Å²) in [6.07, 6.45) is 9.12. The number of amides is 1. The molecule has 71 heavy (non-hydrogen) atoms. The van der Waals surface area contributed by atoms with Crippen LogP contribution in [0.1, 0.15) is 63.5 Å².